The molecule has 0 saturated heterocycles. The van der Waals surface area contributed by atoms with Gasteiger partial charge in [-0.15, -0.1) is 0 Å². The normalized spacial score (nSPS) is 9.61. The molecule has 0 amide bonds. The largest absolute Gasteiger partial charge is 0.493 e. The van der Waals surface area contributed by atoms with Gasteiger partial charge in [-0.05, 0) is 12.1 Å². The minimum absolute atomic E-state index is 0.302. The van der Waals surface area contributed by atoms with Crippen molar-refractivity contribution in [1.29, 1.82) is 0 Å². The molecule has 4 heteroatoms. The van der Waals surface area contributed by atoms with Crippen molar-refractivity contribution in [2.24, 2.45) is 0 Å². The monoisotopic (exact) mass is 244 g/mol. The lowest BCUT2D eigenvalue weighted by molar-refractivity contribution is 0.406. The number of methoxy groups -OCH3 is 1. The van der Waals surface area contributed by atoms with E-state index in [0.29, 0.717) is 5.58 Å². The zero-order chi connectivity index (χ0) is 12.8. The second-order valence-corrected chi connectivity index (χ2v) is 3.46. The van der Waals surface area contributed by atoms with E-state index in [1.807, 2.05) is 18.2 Å². The summed E-state index contributed by atoms with van der Waals surface area (Å²) in [5.74, 6) is 0.764. The Hall–Kier alpha value is -2.49. The molecule has 0 aliphatic heterocycles. The molecule has 0 N–H and O–H groups in total. The van der Waals surface area contributed by atoms with Crippen molar-refractivity contribution in [3.05, 3.63) is 65.4 Å². The first kappa shape index (κ1) is 12.0. The Bertz CT molecular complexity index is 653. The van der Waals surface area contributed by atoms with Crippen LogP contribution >= 0.6 is 0 Å². The van der Waals surface area contributed by atoms with Crippen LogP contribution in [0.15, 0.2) is 68.6 Å². The van der Waals surface area contributed by atoms with E-state index in [-0.39, 0.29) is 5.63 Å². The number of benzene rings is 1. The van der Waals surface area contributed by atoms with Gasteiger partial charge in [0.2, 0.25) is 0 Å². The van der Waals surface area contributed by atoms with Crippen molar-refractivity contribution in [2.75, 3.05) is 7.11 Å². The Labute approximate surface area is 103 Å². The Morgan fingerprint density at radius 3 is 2.56 bits per heavy atom. The minimum Gasteiger partial charge on any atom is -0.493 e. The summed E-state index contributed by atoms with van der Waals surface area (Å²) in [5, 5.41) is 0.951. The van der Waals surface area contributed by atoms with Crippen LogP contribution in [0, 0.1) is 0 Å². The van der Waals surface area contributed by atoms with Crippen LogP contribution in [0.5, 0.6) is 5.75 Å². The molecule has 0 bridgehead atoms. The van der Waals surface area contributed by atoms with Crippen LogP contribution in [0.1, 0.15) is 0 Å². The van der Waals surface area contributed by atoms with Crippen LogP contribution in [0.2, 0.25) is 0 Å². The molecule has 0 fully saturated rings. The van der Waals surface area contributed by atoms with Gasteiger partial charge in [0, 0.05) is 17.5 Å². The van der Waals surface area contributed by atoms with Gasteiger partial charge in [0.1, 0.15) is 11.8 Å². The van der Waals surface area contributed by atoms with E-state index in [0.717, 1.165) is 11.1 Å². The topological polar surface area (TPSA) is 52.6 Å². The zero-order valence-electron chi connectivity index (χ0n) is 9.83. The summed E-state index contributed by atoms with van der Waals surface area (Å²) in [5.41, 5.74) is 0.337. The van der Waals surface area contributed by atoms with Gasteiger partial charge in [-0.1, -0.05) is 18.2 Å². The lowest BCUT2D eigenvalue weighted by Gasteiger charge is -1.91. The molecule has 18 heavy (non-hydrogen) atoms. The number of hydrogen-bond acceptors (Lipinski definition) is 4. The molecular weight excluding hydrogens is 232 g/mol. The van der Waals surface area contributed by atoms with E-state index < -0.39 is 0 Å². The van der Waals surface area contributed by atoms with Crippen LogP contribution in [0.3, 0.4) is 0 Å². The van der Waals surface area contributed by atoms with Crippen LogP contribution in [-0.2, 0) is 0 Å². The molecule has 0 aliphatic carbocycles. The van der Waals surface area contributed by atoms with Crippen LogP contribution < -0.4 is 10.4 Å². The number of ether oxygens (including phenoxy) is 1. The van der Waals surface area contributed by atoms with Crippen LogP contribution in [-0.4, -0.2) is 7.11 Å². The van der Waals surface area contributed by atoms with Crippen molar-refractivity contribution in [3.63, 3.8) is 0 Å². The van der Waals surface area contributed by atoms with E-state index in [2.05, 4.69) is 4.42 Å². The molecule has 0 aliphatic rings. The van der Waals surface area contributed by atoms with Crippen molar-refractivity contribution >= 4 is 11.0 Å². The maximum atomic E-state index is 10.7. The van der Waals surface area contributed by atoms with Gasteiger partial charge < -0.3 is 13.6 Å². The molecule has 92 valence electrons. The predicted octanol–water partition coefficient (Wildman–Crippen LogP) is 3.08. The summed E-state index contributed by atoms with van der Waals surface area (Å²) in [7, 11) is 1.60. The first-order chi connectivity index (χ1) is 8.79. The lowest BCUT2D eigenvalue weighted by Crippen LogP contribution is -1.93. The fraction of sp³-hybridized carbons (Fsp3) is 0.0714. The van der Waals surface area contributed by atoms with Crippen molar-refractivity contribution in [3.8, 4) is 5.75 Å². The third-order valence-corrected chi connectivity index (χ3v) is 2.26. The number of furan rings is 1. The standard InChI is InChI=1S/C9H6O2.C5H6O2/c10-9-6-5-7-3-1-2-4-8(7)11-9;1-6-5-2-3-7-4-5/h1-6H;2-4H,1H3. The van der Waals surface area contributed by atoms with E-state index in [1.165, 1.54) is 6.07 Å². The quantitative estimate of drug-likeness (QED) is 0.617. The smallest absolute Gasteiger partial charge is 0.336 e. The first-order valence-electron chi connectivity index (χ1n) is 5.34. The molecule has 0 spiro atoms. The average Bonchev–Trinajstić information content (AvgIpc) is 2.92. The number of hydrogen-bond donors (Lipinski definition) is 0. The van der Waals surface area contributed by atoms with Crippen molar-refractivity contribution in [1.82, 2.24) is 0 Å². The third-order valence-electron chi connectivity index (χ3n) is 2.26. The van der Waals surface area contributed by atoms with Crippen molar-refractivity contribution < 1.29 is 13.6 Å². The number of para-hydroxylation sites is 1. The molecule has 1 aromatic carbocycles. The molecule has 2 heterocycles. The molecule has 0 unspecified atom stereocenters. The minimum atomic E-state index is -0.302. The maximum Gasteiger partial charge on any atom is 0.336 e. The summed E-state index contributed by atoms with van der Waals surface area (Å²) in [4.78, 5) is 10.7. The fourth-order valence-electron chi connectivity index (χ4n) is 1.38. The Morgan fingerprint density at radius 1 is 1.06 bits per heavy atom. The van der Waals surface area contributed by atoms with E-state index >= 15 is 0 Å². The Kier molecular flexibility index (Phi) is 3.81. The van der Waals surface area contributed by atoms with Gasteiger partial charge >= 0.3 is 5.63 Å². The molecule has 0 saturated carbocycles. The zero-order valence-corrected chi connectivity index (χ0v) is 9.83. The maximum absolute atomic E-state index is 10.7. The highest BCUT2D eigenvalue weighted by Gasteiger charge is 1.92. The molecule has 3 rings (SSSR count). The highest BCUT2D eigenvalue weighted by molar-refractivity contribution is 5.75. The van der Waals surface area contributed by atoms with Crippen LogP contribution in [0.25, 0.3) is 11.0 Å². The second-order valence-electron chi connectivity index (χ2n) is 3.46. The lowest BCUT2D eigenvalue weighted by atomic mass is 10.2. The second kappa shape index (κ2) is 5.72. The SMILES string of the molecule is COc1ccoc1.O=c1ccc2ccccc2o1. The van der Waals surface area contributed by atoms with Gasteiger partial charge in [0.15, 0.2) is 5.75 Å². The van der Waals surface area contributed by atoms with Gasteiger partial charge in [0.25, 0.3) is 0 Å². The number of rotatable bonds is 1. The molecule has 4 nitrogen and oxygen atoms in total. The van der Waals surface area contributed by atoms with Gasteiger partial charge in [0.05, 0.1) is 13.4 Å². The van der Waals surface area contributed by atoms with Gasteiger partial charge in [-0.2, -0.15) is 0 Å². The Morgan fingerprint density at radius 2 is 1.89 bits per heavy atom. The first-order valence-corrected chi connectivity index (χ1v) is 5.34. The third kappa shape index (κ3) is 3.01. The molecule has 0 atom stereocenters. The van der Waals surface area contributed by atoms with Gasteiger partial charge in [-0.25, -0.2) is 4.79 Å². The summed E-state index contributed by atoms with van der Waals surface area (Å²) in [6.07, 6.45) is 3.11. The molecule has 0 radical (unpaired) electrons. The predicted molar refractivity (Wildman–Crippen MR) is 67.7 cm³/mol. The summed E-state index contributed by atoms with van der Waals surface area (Å²) in [6, 6.07) is 12.3. The summed E-state index contributed by atoms with van der Waals surface area (Å²) in [6.45, 7) is 0. The average molecular weight is 244 g/mol. The number of fused-ring (bicyclic) bond motifs is 1. The van der Waals surface area contributed by atoms with E-state index in [4.69, 9.17) is 9.15 Å². The van der Waals surface area contributed by atoms with E-state index in [1.54, 1.807) is 37.8 Å². The fourth-order valence-corrected chi connectivity index (χ4v) is 1.38. The summed E-state index contributed by atoms with van der Waals surface area (Å²) < 4.78 is 14.3. The van der Waals surface area contributed by atoms with Gasteiger partial charge in [-0.3, -0.25) is 0 Å². The molecular formula is C14H12O4. The molecule has 3 aromatic rings. The van der Waals surface area contributed by atoms with Crippen molar-refractivity contribution in [2.45, 2.75) is 0 Å². The highest BCUT2D eigenvalue weighted by atomic mass is 16.5. The molecule has 2 aromatic heterocycles. The van der Waals surface area contributed by atoms with E-state index in [9.17, 15) is 4.79 Å². The Balaban J connectivity index is 0.000000149. The highest BCUT2D eigenvalue weighted by Crippen LogP contribution is 2.09. The van der Waals surface area contributed by atoms with Crippen LogP contribution in [0.4, 0.5) is 0 Å². The summed E-state index contributed by atoms with van der Waals surface area (Å²) >= 11 is 0.